The fraction of sp³-hybridized carbons (Fsp3) is 0.417. The lowest BCUT2D eigenvalue weighted by Crippen LogP contribution is -2.40. The molecule has 1 unspecified atom stereocenters. The van der Waals surface area contributed by atoms with Crippen molar-refractivity contribution in [2.45, 2.75) is 44.6 Å². The molecule has 0 spiro atoms. The Morgan fingerprint density at radius 3 is 2.63 bits per heavy atom. The second kappa shape index (κ2) is 9.39. The number of ketones is 1. The molecule has 5 nitrogen and oxygen atoms in total. The predicted molar refractivity (Wildman–Crippen MR) is 112 cm³/mol. The Morgan fingerprint density at radius 2 is 1.93 bits per heavy atom. The van der Waals surface area contributed by atoms with Crippen molar-refractivity contribution in [1.29, 1.82) is 0 Å². The Bertz CT molecular complexity index is 894. The average molecular weight is 413 g/mol. The maximum atomic E-state index is 13.1. The van der Waals surface area contributed by atoms with Crippen LogP contribution in [0.3, 0.4) is 0 Å². The van der Waals surface area contributed by atoms with Gasteiger partial charge < -0.3 is 14.7 Å². The molecule has 0 aromatic heterocycles. The highest BCUT2D eigenvalue weighted by Gasteiger charge is 2.30. The molecule has 1 aliphatic rings. The van der Waals surface area contributed by atoms with E-state index in [0.717, 1.165) is 24.0 Å². The molecule has 6 heteroatoms. The minimum atomic E-state index is -1.11. The Kier molecular flexibility index (Phi) is 6.87. The number of piperidine rings is 1. The Labute approximate surface area is 176 Å². The highest BCUT2D eigenvalue weighted by atomic mass is 19.1. The van der Waals surface area contributed by atoms with Crippen LogP contribution in [-0.2, 0) is 16.0 Å². The molecule has 2 aromatic carbocycles. The highest BCUT2D eigenvalue weighted by molar-refractivity contribution is 5.87. The SMILES string of the molecule is CC(C)(Oc1cccc(C2CCCN(C(=O)Cc3ccc(F)cc3)C2)c1)C(=O)CO. The summed E-state index contributed by atoms with van der Waals surface area (Å²) < 4.78 is 18.9. The van der Waals surface area contributed by atoms with E-state index in [0.29, 0.717) is 18.8 Å². The fourth-order valence-electron chi connectivity index (χ4n) is 3.74. The molecule has 3 rings (SSSR count). The summed E-state index contributed by atoms with van der Waals surface area (Å²) in [5.74, 6) is 0.0805. The first-order valence-electron chi connectivity index (χ1n) is 10.2. The first-order chi connectivity index (χ1) is 14.3. The second-order valence-corrected chi connectivity index (χ2v) is 8.25. The summed E-state index contributed by atoms with van der Waals surface area (Å²) in [7, 11) is 0. The number of rotatable bonds is 7. The van der Waals surface area contributed by atoms with Crippen molar-refractivity contribution < 1.29 is 23.8 Å². The van der Waals surface area contributed by atoms with Crippen molar-refractivity contribution in [3.05, 3.63) is 65.5 Å². The summed E-state index contributed by atoms with van der Waals surface area (Å²) in [4.78, 5) is 26.5. The lowest BCUT2D eigenvalue weighted by molar-refractivity contribution is -0.134. The minimum Gasteiger partial charge on any atom is -0.480 e. The first kappa shape index (κ1) is 22.0. The maximum Gasteiger partial charge on any atom is 0.227 e. The normalized spacial score (nSPS) is 16.9. The van der Waals surface area contributed by atoms with Crippen molar-refractivity contribution in [1.82, 2.24) is 4.90 Å². The number of carbonyl (C=O) groups is 2. The van der Waals surface area contributed by atoms with Gasteiger partial charge in [-0.05, 0) is 62.1 Å². The van der Waals surface area contributed by atoms with E-state index in [1.165, 1.54) is 12.1 Å². The summed E-state index contributed by atoms with van der Waals surface area (Å²) >= 11 is 0. The largest absolute Gasteiger partial charge is 0.480 e. The monoisotopic (exact) mass is 413 g/mol. The molecule has 1 aliphatic heterocycles. The quantitative estimate of drug-likeness (QED) is 0.755. The van der Waals surface area contributed by atoms with Crippen LogP contribution in [-0.4, -0.2) is 47.0 Å². The van der Waals surface area contributed by atoms with Gasteiger partial charge in [-0.2, -0.15) is 0 Å². The van der Waals surface area contributed by atoms with E-state index in [1.54, 1.807) is 32.0 Å². The molecule has 0 bridgehead atoms. The molecule has 0 aliphatic carbocycles. The molecule has 1 amide bonds. The molecule has 1 atom stereocenters. The molecule has 1 heterocycles. The van der Waals surface area contributed by atoms with E-state index in [9.17, 15) is 14.0 Å². The number of benzene rings is 2. The van der Waals surface area contributed by atoms with Gasteiger partial charge in [-0.25, -0.2) is 4.39 Å². The predicted octanol–water partition coefficient (Wildman–Crippen LogP) is 3.49. The lowest BCUT2D eigenvalue weighted by atomic mass is 9.90. The van der Waals surface area contributed by atoms with Crippen LogP contribution < -0.4 is 4.74 Å². The third kappa shape index (κ3) is 5.45. The van der Waals surface area contributed by atoms with E-state index in [2.05, 4.69) is 0 Å². The van der Waals surface area contributed by atoms with Crippen LogP contribution in [0.25, 0.3) is 0 Å². The summed E-state index contributed by atoms with van der Waals surface area (Å²) in [6.45, 7) is 4.02. The number of amides is 1. The van der Waals surface area contributed by atoms with Crippen molar-refractivity contribution in [3.8, 4) is 5.75 Å². The zero-order chi connectivity index (χ0) is 21.7. The van der Waals surface area contributed by atoms with Crippen LogP contribution in [0.4, 0.5) is 4.39 Å². The number of likely N-dealkylation sites (tertiary alicyclic amines) is 1. The van der Waals surface area contributed by atoms with Gasteiger partial charge >= 0.3 is 0 Å². The van der Waals surface area contributed by atoms with Gasteiger partial charge in [0, 0.05) is 19.0 Å². The Morgan fingerprint density at radius 1 is 1.20 bits per heavy atom. The molecule has 1 saturated heterocycles. The molecular formula is C24H28FNO4. The standard InChI is InChI=1S/C24H28FNO4/c1-24(2,22(28)16-27)30-21-7-3-5-18(14-21)19-6-4-12-26(15-19)23(29)13-17-8-10-20(25)11-9-17/h3,5,7-11,14,19,27H,4,6,12-13,15-16H2,1-2H3. The topological polar surface area (TPSA) is 66.8 Å². The number of carbonyl (C=O) groups excluding carboxylic acids is 2. The van der Waals surface area contributed by atoms with Crippen molar-refractivity contribution in [2.24, 2.45) is 0 Å². The van der Waals surface area contributed by atoms with E-state index in [-0.39, 0.29) is 29.8 Å². The van der Waals surface area contributed by atoms with Crippen LogP contribution in [0.15, 0.2) is 48.5 Å². The van der Waals surface area contributed by atoms with Gasteiger partial charge in [-0.3, -0.25) is 9.59 Å². The molecule has 1 N–H and O–H groups in total. The van der Waals surface area contributed by atoms with E-state index >= 15 is 0 Å². The van der Waals surface area contributed by atoms with Gasteiger partial charge in [0.2, 0.25) is 11.7 Å². The zero-order valence-corrected chi connectivity index (χ0v) is 17.4. The number of halogens is 1. The number of hydrogen-bond acceptors (Lipinski definition) is 4. The first-order valence-corrected chi connectivity index (χ1v) is 10.2. The number of hydrogen-bond donors (Lipinski definition) is 1. The summed E-state index contributed by atoms with van der Waals surface area (Å²) in [5, 5.41) is 9.12. The van der Waals surface area contributed by atoms with Gasteiger partial charge in [-0.1, -0.05) is 24.3 Å². The summed E-state index contributed by atoms with van der Waals surface area (Å²) in [6, 6.07) is 13.6. The van der Waals surface area contributed by atoms with Crippen LogP contribution in [0.2, 0.25) is 0 Å². The molecule has 1 fully saturated rings. The van der Waals surface area contributed by atoms with Crippen LogP contribution in [0, 0.1) is 5.82 Å². The number of aliphatic hydroxyl groups is 1. The van der Waals surface area contributed by atoms with Crippen molar-refractivity contribution in [2.75, 3.05) is 19.7 Å². The van der Waals surface area contributed by atoms with Crippen LogP contribution >= 0.6 is 0 Å². The number of nitrogens with zero attached hydrogens (tertiary/aromatic N) is 1. The average Bonchev–Trinajstić information content (AvgIpc) is 2.74. The molecule has 160 valence electrons. The highest BCUT2D eigenvalue weighted by Crippen LogP contribution is 2.30. The van der Waals surface area contributed by atoms with Crippen LogP contribution in [0.1, 0.15) is 43.7 Å². The molecular weight excluding hydrogens is 385 g/mol. The molecule has 0 radical (unpaired) electrons. The van der Waals surface area contributed by atoms with E-state index < -0.39 is 12.2 Å². The van der Waals surface area contributed by atoms with Crippen molar-refractivity contribution >= 4 is 11.7 Å². The Hall–Kier alpha value is -2.73. The van der Waals surface area contributed by atoms with Gasteiger partial charge in [-0.15, -0.1) is 0 Å². The lowest BCUT2D eigenvalue weighted by Gasteiger charge is -2.33. The third-order valence-corrected chi connectivity index (χ3v) is 5.56. The smallest absolute Gasteiger partial charge is 0.227 e. The number of ether oxygens (including phenoxy) is 1. The number of Topliss-reactive ketones (excluding diaryl/α,β-unsaturated/α-hetero) is 1. The zero-order valence-electron chi connectivity index (χ0n) is 17.4. The van der Waals surface area contributed by atoms with Gasteiger partial charge in [0.15, 0.2) is 5.60 Å². The van der Waals surface area contributed by atoms with E-state index in [1.807, 2.05) is 23.1 Å². The summed E-state index contributed by atoms with van der Waals surface area (Å²) in [6.07, 6.45) is 2.12. The minimum absolute atomic E-state index is 0.0355. The number of aliphatic hydroxyl groups excluding tert-OH is 1. The Balaban J connectivity index is 1.67. The third-order valence-electron chi connectivity index (χ3n) is 5.56. The molecule has 30 heavy (non-hydrogen) atoms. The van der Waals surface area contributed by atoms with Crippen LogP contribution in [0.5, 0.6) is 5.75 Å². The molecule has 2 aromatic rings. The summed E-state index contributed by atoms with van der Waals surface area (Å²) in [5.41, 5.74) is 0.741. The fourth-order valence-corrected chi connectivity index (χ4v) is 3.74. The van der Waals surface area contributed by atoms with Gasteiger partial charge in [0.25, 0.3) is 0 Å². The van der Waals surface area contributed by atoms with E-state index in [4.69, 9.17) is 9.84 Å². The molecule has 0 saturated carbocycles. The van der Waals surface area contributed by atoms with Gasteiger partial charge in [0.05, 0.1) is 6.42 Å². The second-order valence-electron chi connectivity index (χ2n) is 8.25. The maximum absolute atomic E-state index is 13.1. The van der Waals surface area contributed by atoms with Crippen molar-refractivity contribution in [3.63, 3.8) is 0 Å². The van der Waals surface area contributed by atoms with Gasteiger partial charge in [0.1, 0.15) is 18.2 Å².